The van der Waals surface area contributed by atoms with Crippen LogP contribution in [0.4, 0.5) is 5.69 Å². The maximum absolute atomic E-state index is 9.97. The molecule has 1 heterocycles. The minimum absolute atomic E-state index is 0.374. The molecule has 1 aliphatic rings. The Kier molecular flexibility index (Phi) is 6.01. The van der Waals surface area contributed by atoms with Crippen LogP contribution >= 0.6 is 0 Å². The number of anilines is 1. The zero-order chi connectivity index (χ0) is 17.5. The quantitative estimate of drug-likeness (QED) is 0.750. The van der Waals surface area contributed by atoms with Crippen LogP contribution in [0.25, 0.3) is 0 Å². The Balaban J connectivity index is 1.36. The Hall–Kier alpha value is -2.40. The van der Waals surface area contributed by atoms with E-state index in [1.54, 1.807) is 18.1 Å². The van der Waals surface area contributed by atoms with Crippen LogP contribution in [0, 0.1) is 0 Å². The van der Waals surface area contributed by atoms with E-state index < -0.39 is 0 Å². The van der Waals surface area contributed by atoms with Crippen LogP contribution in [0.1, 0.15) is 6.42 Å². The SMILES string of the molecule is COc1ccc(OCCC[NH+]2CCN(c3ccccc3O)CC2)cc1. The summed E-state index contributed by atoms with van der Waals surface area (Å²) in [4.78, 5) is 3.87. The molecule has 0 bridgehead atoms. The van der Waals surface area contributed by atoms with Gasteiger partial charge in [-0.05, 0) is 36.4 Å². The van der Waals surface area contributed by atoms with E-state index in [2.05, 4.69) is 4.90 Å². The van der Waals surface area contributed by atoms with Gasteiger partial charge in [-0.25, -0.2) is 0 Å². The number of nitrogens with zero attached hydrogens (tertiary/aromatic N) is 1. The molecule has 5 heteroatoms. The van der Waals surface area contributed by atoms with Crippen molar-refractivity contribution in [2.24, 2.45) is 0 Å². The van der Waals surface area contributed by atoms with E-state index in [1.807, 2.05) is 42.5 Å². The molecule has 1 saturated heterocycles. The molecule has 2 aromatic rings. The van der Waals surface area contributed by atoms with Gasteiger partial charge in [0.2, 0.25) is 0 Å². The fourth-order valence-electron chi connectivity index (χ4n) is 3.23. The lowest BCUT2D eigenvalue weighted by molar-refractivity contribution is -0.900. The van der Waals surface area contributed by atoms with Gasteiger partial charge in [-0.15, -0.1) is 0 Å². The number of para-hydroxylation sites is 2. The molecule has 0 aromatic heterocycles. The first-order chi connectivity index (χ1) is 12.3. The molecule has 0 aliphatic carbocycles. The summed E-state index contributed by atoms with van der Waals surface area (Å²) in [6, 6.07) is 15.3. The number of rotatable bonds is 7. The van der Waals surface area contributed by atoms with Crippen LogP contribution < -0.4 is 19.3 Å². The number of piperazine rings is 1. The summed E-state index contributed by atoms with van der Waals surface area (Å²) in [7, 11) is 1.66. The van der Waals surface area contributed by atoms with Crippen molar-refractivity contribution < 1.29 is 19.5 Å². The fraction of sp³-hybridized carbons (Fsp3) is 0.400. The highest BCUT2D eigenvalue weighted by atomic mass is 16.5. The molecular formula is C20H27N2O3+. The number of phenols is 1. The van der Waals surface area contributed by atoms with Crippen molar-refractivity contribution >= 4 is 5.69 Å². The fourth-order valence-corrected chi connectivity index (χ4v) is 3.23. The van der Waals surface area contributed by atoms with Gasteiger partial charge in [-0.1, -0.05) is 12.1 Å². The number of nitrogens with one attached hydrogen (secondary N) is 1. The van der Waals surface area contributed by atoms with Crippen molar-refractivity contribution in [3.63, 3.8) is 0 Å². The predicted octanol–water partition coefficient (Wildman–Crippen LogP) is 1.57. The van der Waals surface area contributed by atoms with E-state index in [4.69, 9.17) is 9.47 Å². The molecule has 0 radical (unpaired) electrons. The average molecular weight is 343 g/mol. The van der Waals surface area contributed by atoms with Crippen LogP contribution in [-0.2, 0) is 0 Å². The van der Waals surface area contributed by atoms with Gasteiger partial charge in [0.25, 0.3) is 0 Å². The number of phenolic OH excluding ortho intramolecular Hbond substituents is 1. The van der Waals surface area contributed by atoms with Crippen LogP contribution in [0.3, 0.4) is 0 Å². The van der Waals surface area contributed by atoms with Gasteiger partial charge in [-0.3, -0.25) is 0 Å². The maximum Gasteiger partial charge on any atom is 0.138 e. The number of aromatic hydroxyl groups is 1. The Labute approximate surface area is 149 Å². The molecule has 0 atom stereocenters. The highest BCUT2D eigenvalue weighted by molar-refractivity contribution is 5.57. The zero-order valence-electron chi connectivity index (χ0n) is 14.8. The molecule has 2 N–H and O–H groups in total. The Morgan fingerprint density at radius 1 is 1.00 bits per heavy atom. The molecule has 0 amide bonds. The number of ether oxygens (including phenoxy) is 2. The lowest BCUT2D eigenvalue weighted by Gasteiger charge is -2.33. The number of quaternary nitrogens is 1. The molecule has 0 unspecified atom stereocenters. The van der Waals surface area contributed by atoms with Gasteiger partial charge in [0.05, 0.1) is 52.1 Å². The molecule has 134 valence electrons. The normalized spacial score (nSPS) is 15.2. The van der Waals surface area contributed by atoms with Gasteiger partial charge >= 0.3 is 0 Å². The number of hydrogen-bond acceptors (Lipinski definition) is 4. The largest absolute Gasteiger partial charge is 0.506 e. The van der Waals surface area contributed by atoms with Gasteiger partial charge in [0.1, 0.15) is 17.2 Å². The minimum Gasteiger partial charge on any atom is -0.506 e. The van der Waals surface area contributed by atoms with E-state index in [0.29, 0.717) is 5.75 Å². The van der Waals surface area contributed by atoms with Crippen LogP contribution in [0.15, 0.2) is 48.5 Å². The van der Waals surface area contributed by atoms with Crippen molar-refractivity contribution in [2.45, 2.75) is 6.42 Å². The van der Waals surface area contributed by atoms with Gasteiger partial charge in [0.15, 0.2) is 0 Å². The zero-order valence-corrected chi connectivity index (χ0v) is 14.8. The molecule has 0 saturated carbocycles. The summed E-state index contributed by atoms with van der Waals surface area (Å²) in [5, 5.41) is 9.97. The third-order valence-corrected chi connectivity index (χ3v) is 4.70. The Bertz CT molecular complexity index is 652. The summed E-state index contributed by atoms with van der Waals surface area (Å²) in [6.45, 7) is 6.00. The Morgan fingerprint density at radius 3 is 2.36 bits per heavy atom. The third-order valence-electron chi connectivity index (χ3n) is 4.70. The van der Waals surface area contributed by atoms with Gasteiger partial charge < -0.3 is 24.4 Å². The lowest BCUT2D eigenvalue weighted by Crippen LogP contribution is -3.14. The Morgan fingerprint density at radius 2 is 1.68 bits per heavy atom. The van der Waals surface area contributed by atoms with Crippen LogP contribution in [0.2, 0.25) is 0 Å². The molecule has 2 aromatic carbocycles. The molecule has 3 rings (SSSR count). The maximum atomic E-state index is 9.97. The summed E-state index contributed by atoms with van der Waals surface area (Å²) >= 11 is 0. The highest BCUT2D eigenvalue weighted by Crippen LogP contribution is 2.25. The third kappa shape index (κ3) is 4.79. The summed E-state index contributed by atoms with van der Waals surface area (Å²) < 4.78 is 10.9. The summed E-state index contributed by atoms with van der Waals surface area (Å²) in [5.41, 5.74) is 0.949. The predicted molar refractivity (Wildman–Crippen MR) is 99.0 cm³/mol. The second kappa shape index (κ2) is 8.62. The summed E-state index contributed by atoms with van der Waals surface area (Å²) in [6.07, 6.45) is 1.04. The average Bonchev–Trinajstić information content (AvgIpc) is 2.67. The minimum atomic E-state index is 0.374. The van der Waals surface area contributed by atoms with Crippen molar-refractivity contribution in [3.8, 4) is 17.2 Å². The smallest absolute Gasteiger partial charge is 0.138 e. The molecule has 1 fully saturated rings. The topological polar surface area (TPSA) is 46.4 Å². The molecule has 0 spiro atoms. The standard InChI is InChI=1S/C20H26N2O3/c1-24-17-7-9-18(10-8-17)25-16-4-11-21-12-14-22(15-13-21)19-5-2-3-6-20(19)23/h2-3,5-10,23H,4,11-16H2,1H3/p+1. The highest BCUT2D eigenvalue weighted by Gasteiger charge is 2.21. The number of methoxy groups -OCH3 is 1. The monoisotopic (exact) mass is 343 g/mol. The van der Waals surface area contributed by atoms with E-state index in [1.165, 1.54) is 0 Å². The second-order valence-corrected chi connectivity index (χ2v) is 6.35. The van der Waals surface area contributed by atoms with Gasteiger partial charge in [-0.2, -0.15) is 0 Å². The van der Waals surface area contributed by atoms with Gasteiger partial charge in [0, 0.05) is 6.42 Å². The van der Waals surface area contributed by atoms with Crippen LogP contribution in [-0.4, -0.2) is 51.5 Å². The first kappa shape index (κ1) is 17.4. The van der Waals surface area contributed by atoms with Crippen molar-refractivity contribution in [2.75, 3.05) is 51.3 Å². The first-order valence-corrected chi connectivity index (χ1v) is 8.89. The molecular weight excluding hydrogens is 316 g/mol. The van der Waals surface area contributed by atoms with Crippen molar-refractivity contribution in [1.82, 2.24) is 0 Å². The summed E-state index contributed by atoms with van der Waals surface area (Å²) in [5.74, 6) is 2.11. The number of hydrogen-bond donors (Lipinski definition) is 2. The van der Waals surface area contributed by atoms with E-state index in [9.17, 15) is 5.11 Å². The first-order valence-electron chi connectivity index (χ1n) is 8.89. The van der Waals surface area contributed by atoms with E-state index in [-0.39, 0.29) is 0 Å². The van der Waals surface area contributed by atoms with Crippen LogP contribution in [0.5, 0.6) is 17.2 Å². The lowest BCUT2D eigenvalue weighted by atomic mass is 10.2. The molecule has 1 aliphatic heterocycles. The number of benzene rings is 2. The van der Waals surface area contributed by atoms with E-state index >= 15 is 0 Å². The van der Waals surface area contributed by atoms with Crippen molar-refractivity contribution in [3.05, 3.63) is 48.5 Å². The second-order valence-electron chi connectivity index (χ2n) is 6.35. The molecule has 25 heavy (non-hydrogen) atoms. The molecule has 5 nitrogen and oxygen atoms in total. The van der Waals surface area contributed by atoms with E-state index in [0.717, 1.165) is 62.9 Å². The van der Waals surface area contributed by atoms with Crippen molar-refractivity contribution in [1.29, 1.82) is 0 Å².